The maximum absolute atomic E-state index is 12.7. The van der Waals surface area contributed by atoms with Gasteiger partial charge in [-0.1, -0.05) is 12.1 Å². The SMILES string of the molecule is Cl.FCC[C@H](c1ccc(I)cc1)N1CCNCC1. The first kappa shape index (κ1) is 16.1. The number of nitrogens with zero attached hydrogens (tertiary/aromatic N) is 1. The molecular weight excluding hydrogens is 366 g/mol. The lowest BCUT2D eigenvalue weighted by Gasteiger charge is -2.34. The summed E-state index contributed by atoms with van der Waals surface area (Å²) in [6.45, 7) is 3.79. The van der Waals surface area contributed by atoms with Crippen molar-refractivity contribution < 1.29 is 4.39 Å². The fourth-order valence-corrected chi connectivity index (χ4v) is 2.70. The van der Waals surface area contributed by atoms with Crippen LogP contribution < -0.4 is 5.32 Å². The Kier molecular flexibility index (Phi) is 7.44. The van der Waals surface area contributed by atoms with Crippen molar-refractivity contribution in [3.8, 4) is 0 Å². The van der Waals surface area contributed by atoms with Crippen LogP contribution in [0.15, 0.2) is 24.3 Å². The van der Waals surface area contributed by atoms with E-state index < -0.39 is 0 Å². The summed E-state index contributed by atoms with van der Waals surface area (Å²) in [6.07, 6.45) is 0.598. The van der Waals surface area contributed by atoms with Crippen molar-refractivity contribution >= 4 is 35.0 Å². The minimum atomic E-state index is -0.249. The first-order valence-corrected chi connectivity index (χ1v) is 7.15. The van der Waals surface area contributed by atoms with E-state index in [4.69, 9.17) is 0 Å². The average Bonchev–Trinajstić information content (AvgIpc) is 2.38. The van der Waals surface area contributed by atoms with Crippen molar-refractivity contribution in [1.29, 1.82) is 0 Å². The maximum Gasteiger partial charge on any atom is 0.0912 e. The zero-order valence-corrected chi connectivity index (χ0v) is 13.2. The van der Waals surface area contributed by atoms with Crippen LogP contribution in [-0.4, -0.2) is 37.8 Å². The number of hydrogen-bond acceptors (Lipinski definition) is 2. The van der Waals surface area contributed by atoms with Crippen molar-refractivity contribution in [3.05, 3.63) is 33.4 Å². The summed E-state index contributed by atoms with van der Waals surface area (Å²) in [7, 11) is 0. The fourth-order valence-electron chi connectivity index (χ4n) is 2.34. The predicted octanol–water partition coefficient (Wildman–Crippen LogP) is 3.02. The van der Waals surface area contributed by atoms with E-state index in [-0.39, 0.29) is 25.1 Å². The van der Waals surface area contributed by atoms with E-state index in [1.165, 1.54) is 9.13 Å². The summed E-state index contributed by atoms with van der Waals surface area (Å²) >= 11 is 2.30. The number of halogens is 3. The van der Waals surface area contributed by atoms with Crippen LogP contribution in [0.1, 0.15) is 18.0 Å². The summed E-state index contributed by atoms with van der Waals surface area (Å²) in [5, 5.41) is 3.34. The highest BCUT2D eigenvalue weighted by Gasteiger charge is 2.21. The zero-order chi connectivity index (χ0) is 12.1. The Morgan fingerprint density at radius 3 is 2.39 bits per heavy atom. The van der Waals surface area contributed by atoms with Gasteiger partial charge in [0, 0.05) is 35.8 Å². The largest absolute Gasteiger partial charge is 0.314 e. The lowest BCUT2D eigenvalue weighted by molar-refractivity contribution is 0.157. The smallest absolute Gasteiger partial charge is 0.0912 e. The molecule has 102 valence electrons. The standard InChI is InChI=1S/C13H18FIN2.ClH/c14-6-5-13(17-9-7-16-8-10-17)11-1-3-12(15)4-2-11;/h1-4,13,16H,5-10H2;1H/t13-;/m1./s1. The third kappa shape index (κ3) is 4.33. The number of benzene rings is 1. The molecule has 1 aliphatic rings. The van der Waals surface area contributed by atoms with Crippen LogP contribution in [0.5, 0.6) is 0 Å². The van der Waals surface area contributed by atoms with Gasteiger partial charge in [0.1, 0.15) is 0 Å². The molecule has 0 bridgehead atoms. The van der Waals surface area contributed by atoms with Crippen molar-refractivity contribution in [2.24, 2.45) is 0 Å². The normalized spacial score (nSPS) is 18.1. The highest BCUT2D eigenvalue weighted by Crippen LogP contribution is 2.25. The fraction of sp³-hybridized carbons (Fsp3) is 0.538. The van der Waals surface area contributed by atoms with Crippen LogP contribution in [-0.2, 0) is 0 Å². The van der Waals surface area contributed by atoms with Gasteiger partial charge in [0.05, 0.1) is 6.67 Å². The Balaban J connectivity index is 0.00000162. The third-order valence-corrected chi connectivity index (χ3v) is 3.95. The van der Waals surface area contributed by atoms with Crippen LogP contribution in [0.4, 0.5) is 4.39 Å². The lowest BCUT2D eigenvalue weighted by atomic mass is 10.0. The molecular formula is C13H19ClFIN2. The van der Waals surface area contributed by atoms with E-state index in [2.05, 4.69) is 57.1 Å². The van der Waals surface area contributed by atoms with Gasteiger partial charge in [-0.25, -0.2) is 0 Å². The van der Waals surface area contributed by atoms with E-state index in [1.54, 1.807) is 0 Å². The molecule has 1 fully saturated rings. The molecule has 1 aromatic rings. The quantitative estimate of drug-likeness (QED) is 0.803. The molecule has 1 atom stereocenters. The first-order valence-electron chi connectivity index (χ1n) is 6.07. The first-order chi connectivity index (χ1) is 8.31. The molecule has 0 aliphatic carbocycles. The molecule has 2 nitrogen and oxygen atoms in total. The molecule has 18 heavy (non-hydrogen) atoms. The summed E-state index contributed by atoms with van der Waals surface area (Å²) in [5.74, 6) is 0. The Labute approximate surface area is 128 Å². The van der Waals surface area contributed by atoms with Crippen molar-refractivity contribution in [3.63, 3.8) is 0 Å². The van der Waals surface area contributed by atoms with Gasteiger partial charge in [0.2, 0.25) is 0 Å². The highest BCUT2D eigenvalue weighted by molar-refractivity contribution is 14.1. The van der Waals surface area contributed by atoms with E-state index in [0.717, 1.165) is 26.2 Å². The van der Waals surface area contributed by atoms with Gasteiger partial charge in [-0.15, -0.1) is 12.4 Å². The summed E-state index contributed by atoms with van der Waals surface area (Å²) < 4.78 is 13.9. The molecule has 0 spiro atoms. The van der Waals surface area contributed by atoms with Crippen LogP contribution in [0, 0.1) is 3.57 Å². The van der Waals surface area contributed by atoms with Gasteiger partial charge in [0.25, 0.3) is 0 Å². The summed E-state index contributed by atoms with van der Waals surface area (Å²) in [4.78, 5) is 2.39. The number of piperazine rings is 1. The molecule has 5 heteroatoms. The molecule has 0 saturated carbocycles. The lowest BCUT2D eigenvalue weighted by Crippen LogP contribution is -2.45. The highest BCUT2D eigenvalue weighted by atomic mass is 127. The monoisotopic (exact) mass is 384 g/mol. The predicted molar refractivity (Wildman–Crippen MR) is 84.2 cm³/mol. The minimum absolute atomic E-state index is 0. The van der Waals surface area contributed by atoms with Gasteiger partial charge in [-0.2, -0.15) is 0 Å². The molecule has 1 aromatic carbocycles. The van der Waals surface area contributed by atoms with Crippen molar-refractivity contribution in [1.82, 2.24) is 10.2 Å². The van der Waals surface area contributed by atoms with E-state index >= 15 is 0 Å². The number of alkyl halides is 1. The van der Waals surface area contributed by atoms with E-state index in [0.29, 0.717) is 6.42 Å². The Bertz CT molecular complexity index is 341. The van der Waals surface area contributed by atoms with Crippen molar-refractivity contribution in [2.45, 2.75) is 12.5 Å². The van der Waals surface area contributed by atoms with Gasteiger partial charge in [-0.3, -0.25) is 9.29 Å². The molecule has 0 amide bonds. The number of rotatable bonds is 4. The molecule has 0 unspecified atom stereocenters. The van der Waals surface area contributed by atoms with E-state index in [9.17, 15) is 4.39 Å². The Morgan fingerprint density at radius 1 is 1.22 bits per heavy atom. The second kappa shape index (κ2) is 8.30. The summed E-state index contributed by atoms with van der Waals surface area (Å²) in [6, 6.07) is 8.69. The van der Waals surface area contributed by atoms with Crippen LogP contribution >= 0.6 is 35.0 Å². The van der Waals surface area contributed by atoms with E-state index in [1.807, 2.05) is 0 Å². The zero-order valence-electron chi connectivity index (χ0n) is 10.2. The molecule has 1 heterocycles. The molecule has 0 aromatic heterocycles. The van der Waals surface area contributed by atoms with Gasteiger partial charge in [-0.05, 0) is 46.7 Å². The topological polar surface area (TPSA) is 15.3 Å². The van der Waals surface area contributed by atoms with Gasteiger partial charge in [0.15, 0.2) is 0 Å². The van der Waals surface area contributed by atoms with Crippen LogP contribution in [0.3, 0.4) is 0 Å². The molecule has 1 aliphatic heterocycles. The molecule has 1 saturated heterocycles. The second-order valence-electron chi connectivity index (χ2n) is 4.33. The van der Waals surface area contributed by atoms with Crippen molar-refractivity contribution in [2.75, 3.05) is 32.9 Å². The Morgan fingerprint density at radius 2 is 1.83 bits per heavy atom. The third-order valence-electron chi connectivity index (χ3n) is 3.23. The molecule has 2 rings (SSSR count). The number of hydrogen-bond donors (Lipinski definition) is 1. The second-order valence-corrected chi connectivity index (χ2v) is 5.58. The molecule has 0 radical (unpaired) electrons. The Hall–Kier alpha value is 0.0900. The maximum atomic E-state index is 12.7. The summed E-state index contributed by atoms with van der Waals surface area (Å²) in [5.41, 5.74) is 1.24. The number of nitrogens with one attached hydrogen (secondary N) is 1. The minimum Gasteiger partial charge on any atom is -0.314 e. The van der Waals surface area contributed by atoms with Gasteiger partial charge < -0.3 is 5.32 Å². The molecule has 1 N–H and O–H groups in total. The van der Waals surface area contributed by atoms with Crippen LogP contribution in [0.2, 0.25) is 0 Å². The van der Waals surface area contributed by atoms with Crippen LogP contribution in [0.25, 0.3) is 0 Å². The van der Waals surface area contributed by atoms with Gasteiger partial charge >= 0.3 is 0 Å². The average molecular weight is 385 g/mol.